The number of nitrogens with one attached hydrogen (secondary N) is 2. The topological polar surface area (TPSA) is 70.6 Å². The molecule has 1 saturated carbocycles. The molecule has 3 rings (SSSR count). The lowest BCUT2D eigenvalue weighted by molar-refractivity contribution is 0.301. The van der Waals surface area contributed by atoms with Gasteiger partial charge in [-0.15, -0.1) is 0 Å². The Hall–Kier alpha value is -1.27. The number of aliphatic imine (C=N–C) groups is 1. The van der Waals surface area contributed by atoms with Gasteiger partial charge in [0.2, 0.25) is 0 Å². The fourth-order valence-electron chi connectivity index (χ4n) is 4.22. The highest BCUT2D eigenvalue weighted by molar-refractivity contribution is 7.91. The first-order valence-electron chi connectivity index (χ1n) is 9.94. The third-order valence-electron chi connectivity index (χ3n) is 5.72. The summed E-state index contributed by atoms with van der Waals surface area (Å²) in [5, 5.41) is 7.36. The van der Waals surface area contributed by atoms with Crippen LogP contribution in [-0.2, 0) is 15.3 Å². The summed E-state index contributed by atoms with van der Waals surface area (Å²) in [6.07, 6.45) is 6.59. The molecule has 150 valence electrons. The lowest BCUT2D eigenvalue weighted by Gasteiger charge is -2.37. The van der Waals surface area contributed by atoms with Crippen molar-refractivity contribution in [3.63, 3.8) is 0 Å². The first-order valence-corrected chi connectivity index (χ1v) is 12.1. The second-order valence-electron chi connectivity index (χ2n) is 7.79. The minimum atomic E-state index is -2.91. The summed E-state index contributed by atoms with van der Waals surface area (Å²) in [4.78, 5) is 4.89. The van der Waals surface area contributed by atoms with Crippen molar-refractivity contribution in [2.45, 2.75) is 56.9 Å². The standard InChI is InChI=1S/C20H30ClN3O2S/c1-2-22-19(24-18-10-13-27(25,26)14-18)23-15-20(11-4-3-5-12-20)16-6-8-17(21)9-7-16/h6-9,18H,2-5,10-15H2,1H3,(H2,22,23,24). The normalized spacial score (nSPS) is 24.5. The van der Waals surface area contributed by atoms with E-state index in [4.69, 9.17) is 16.6 Å². The third kappa shape index (κ3) is 5.38. The Labute approximate surface area is 167 Å². The quantitative estimate of drug-likeness (QED) is 0.576. The highest BCUT2D eigenvalue weighted by Crippen LogP contribution is 2.40. The molecule has 1 saturated heterocycles. The molecule has 7 heteroatoms. The minimum absolute atomic E-state index is 0.0347. The van der Waals surface area contributed by atoms with Crippen molar-refractivity contribution in [1.29, 1.82) is 0 Å². The highest BCUT2D eigenvalue weighted by Gasteiger charge is 2.34. The average molecular weight is 412 g/mol. The molecular weight excluding hydrogens is 382 g/mol. The fourth-order valence-corrected chi connectivity index (χ4v) is 6.02. The lowest BCUT2D eigenvalue weighted by atomic mass is 9.69. The van der Waals surface area contributed by atoms with Gasteiger partial charge in [-0.2, -0.15) is 0 Å². The Morgan fingerprint density at radius 3 is 2.52 bits per heavy atom. The lowest BCUT2D eigenvalue weighted by Crippen LogP contribution is -2.45. The zero-order valence-electron chi connectivity index (χ0n) is 16.0. The Kier molecular flexibility index (Phi) is 6.69. The zero-order chi connectivity index (χ0) is 19.3. The van der Waals surface area contributed by atoms with Crippen LogP contribution in [-0.4, -0.2) is 45.0 Å². The van der Waals surface area contributed by atoms with Gasteiger partial charge in [0.25, 0.3) is 0 Å². The minimum Gasteiger partial charge on any atom is -0.357 e. The largest absolute Gasteiger partial charge is 0.357 e. The van der Waals surface area contributed by atoms with E-state index < -0.39 is 9.84 Å². The summed E-state index contributed by atoms with van der Waals surface area (Å²) >= 11 is 6.09. The van der Waals surface area contributed by atoms with E-state index in [2.05, 4.69) is 22.8 Å². The van der Waals surface area contributed by atoms with E-state index >= 15 is 0 Å². The van der Waals surface area contributed by atoms with Crippen LogP contribution >= 0.6 is 11.6 Å². The highest BCUT2D eigenvalue weighted by atomic mass is 35.5. The number of benzene rings is 1. The van der Waals surface area contributed by atoms with Gasteiger partial charge in [-0.1, -0.05) is 43.0 Å². The van der Waals surface area contributed by atoms with Crippen molar-refractivity contribution in [2.24, 2.45) is 4.99 Å². The van der Waals surface area contributed by atoms with Crippen molar-refractivity contribution < 1.29 is 8.42 Å². The molecule has 27 heavy (non-hydrogen) atoms. The van der Waals surface area contributed by atoms with Crippen molar-refractivity contribution in [3.8, 4) is 0 Å². The second-order valence-corrected chi connectivity index (χ2v) is 10.5. The molecule has 5 nitrogen and oxygen atoms in total. The predicted molar refractivity (Wildman–Crippen MR) is 112 cm³/mol. The van der Waals surface area contributed by atoms with Crippen LogP contribution in [0.1, 0.15) is 51.0 Å². The van der Waals surface area contributed by atoms with Crippen LogP contribution in [0.4, 0.5) is 0 Å². The Morgan fingerprint density at radius 1 is 1.22 bits per heavy atom. The van der Waals surface area contributed by atoms with Crippen LogP contribution in [0.2, 0.25) is 5.02 Å². The van der Waals surface area contributed by atoms with E-state index in [1.54, 1.807) is 0 Å². The summed E-state index contributed by atoms with van der Waals surface area (Å²) in [6.45, 7) is 3.47. The molecule has 2 fully saturated rings. The van der Waals surface area contributed by atoms with Gasteiger partial charge in [0.15, 0.2) is 15.8 Å². The molecule has 0 bridgehead atoms. The van der Waals surface area contributed by atoms with Gasteiger partial charge < -0.3 is 10.6 Å². The molecule has 1 aromatic carbocycles. The van der Waals surface area contributed by atoms with E-state index in [-0.39, 0.29) is 23.0 Å². The van der Waals surface area contributed by atoms with E-state index in [1.165, 1.54) is 24.8 Å². The summed E-state index contributed by atoms with van der Waals surface area (Å²) in [5.41, 5.74) is 1.34. The van der Waals surface area contributed by atoms with Crippen LogP contribution in [0.25, 0.3) is 0 Å². The van der Waals surface area contributed by atoms with Gasteiger partial charge in [0.05, 0.1) is 18.1 Å². The summed E-state index contributed by atoms with van der Waals surface area (Å²) in [7, 11) is -2.91. The van der Waals surface area contributed by atoms with Crippen molar-refractivity contribution in [3.05, 3.63) is 34.9 Å². The third-order valence-corrected chi connectivity index (χ3v) is 7.74. The number of guanidine groups is 1. The number of halogens is 1. The number of nitrogens with zero attached hydrogens (tertiary/aromatic N) is 1. The molecule has 1 aliphatic carbocycles. The molecule has 0 radical (unpaired) electrons. The monoisotopic (exact) mass is 411 g/mol. The van der Waals surface area contributed by atoms with Gasteiger partial charge in [-0.25, -0.2) is 8.42 Å². The molecule has 1 aliphatic heterocycles. The van der Waals surface area contributed by atoms with Gasteiger partial charge in [-0.3, -0.25) is 4.99 Å². The Bertz CT molecular complexity index is 756. The van der Waals surface area contributed by atoms with Crippen LogP contribution in [0.3, 0.4) is 0 Å². The van der Waals surface area contributed by atoms with Crippen LogP contribution in [0, 0.1) is 0 Å². The average Bonchev–Trinajstić information content (AvgIpc) is 3.00. The van der Waals surface area contributed by atoms with Gasteiger partial charge in [-0.05, 0) is 43.9 Å². The summed E-state index contributed by atoms with van der Waals surface area (Å²) in [6, 6.07) is 8.14. The van der Waals surface area contributed by atoms with Crippen LogP contribution < -0.4 is 10.6 Å². The fraction of sp³-hybridized carbons (Fsp3) is 0.650. The summed E-state index contributed by atoms with van der Waals surface area (Å²) < 4.78 is 23.5. The molecular formula is C20H30ClN3O2S. The van der Waals surface area contributed by atoms with E-state index in [0.29, 0.717) is 13.0 Å². The van der Waals surface area contributed by atoms with Gasteiger partial charge in [0, 0.05) is 23.0 Å². The Morgan fingerprint density at radius 2 is 1.93 bits per heavy atom. The van der Waals surface area contributed by atoms with E-state index in [9.17, 15) is 8.42 Å². The molecule has 0 aromatic heterocycles. The molecule has 1 atom stereocenters. The van der Waals surface area contributed by atoms with Crippen LogP contribution in [0.15, 0.2) is 29.3 Å². The van der Waals surface area contributed by atoms with Crippen molar-refractivity contribution >= 4 is 27.4 Å². The van der Waals surface area contributed by atoms with E-state index in [1.807, 2.05) is 19.1 Å². The molecule has 1 aromatic rings. The maximum atomic E-state index is 11.7. The summed E-state index contributed by atoms with van der Waals surface area (Å²) in [5.74, 6) is 1.18. The molecule has 1 heterocycles. The molecule has 0 spiro atoms. The maximum absolute atomic E-state index is 11.7. The number of hydrogen-bond acceptors (Lipinski definition) is 3. The first-order chi connectivity index (χ1) is 12.9. The Balaban J connectivity index is 1.77. The molecule has 2 aliphatic rings. The second kappa shape index (κ2) is 8.82. The van der Waals surface area contributed by atoms with Gasteiger partial charge in [0.1, 0.15) is 0 Å². The van der Waals surface area contributed by atoms with Gasteiger partial charge >= 0.3 is 0 Å². The predicted octanol–water partition coefficient (Wildman–Crippen LogP) is 3.28. The molecule has 1 unspecified atom stereocenters. The SMILES string of the molecule is CCNC(=NCC1(c2ccc(Cl)cc2)CCCCC1)NC1CCS(=O)(=O)C1. The smallest absolute Gasteiger partial charge is 0.191 e. The van der Waals surface area contributed by atoms with Crippen molar-refractivity contribution in [2.75, 3.05) is 24.6 Å². The first kappa shape index (κ1) is 20.5. The zero-order valence-corrected chi connectivity index (χ0v) is 17.6. The van der Waals surface area contributed by atoms with E-state index in [0.717, 1.165) is 30.4 Å². The number of hydrogen-bond donors (Lipinski definition) is 2. The molecule has 2 N–H and O–H groups in total. The number of sulfone groups is 1. The molecule has 0 amide bonds. The maximum Gasteiger partial charge on any atom is 0.191 e. The van der Waals surface area contributed by atoms with Crippen molar-refractivity contribution in [1.82, 2.24) is 10.6 Å². The van der Waals surface area contributed by atoms with Crippen LogP contribution in [0.5, 0.6) is 0 Å². The number of rotatable bonds is 5.